The number of likely N-dealkylation sites (N-methyl/N-ethyl adjacent to an activating group) is 1. The van der Waals surface area contributed by atoms with Crippen LogP contribution in [0.3, 0.4) is 0 Å². The van der Waals surface area contributed by atoms with Crippen molar-refractivity contribution >= 4 is 11.6 Å². The maximum absolute atomic E-state index is 13.0. The largest absolute Gasteiger partial charge is 0.326 e. The number of nitrogens with one attached hydrogen (secondary N) is 2. The molecule has 20 heavy (non-hydrogen) atoms. The Morgan fingerprint density at radius 1 is 1.55 bits per heavy atom. The number of anilines is 1. The summed E-state index contributed by atoms with van der Waals surface area (Å²) in [6.07, 6.45) is 2.86. The zero-order valence-corrected chi connectivity index (χ0v) is 11.9. The highest BCUT2D eigenvalue weighted by Crippen LogP contribution is 2.10. The van der Waals surface area contributed by atoms with Crippen LogP contribution in [0.5, 0.6) is 0 Å². The summed E-state index contributed by atoms with van der Waals surface area (Å²) in [7, 11) is 2.02. The van der Waals surface area contributed by atoms with Crippen molar-refractivity contribution in [1.29, 1.82) is 0 Å². The minimum Gasteiger partial charge on any atom is -0.326 e. The molecule has 1 aromatic rings. The van der Waals surface area contributed by atoms with Gasteiger partial charge in [0.15, 0.2) is 0 Å². The van der Waals surface area contributed by atoms with Crippen molar-refractivity contribution < 1.29 is 9.18 Å². The predicted octanol–water partition coefficient (Wildman–Crippen LogP) is 1.84. The molecule has 1 aromatic carbocycles. The molecule has 1 saturated heterocycles. The number of rotatable bonds is 6. The third-order valence-electron chi connectivity index (χ3n) is 3.52. The van der Waals surface area contributed by atoms with Gasteiger partial charge < -0.3 is 15.5 Å². The zero-order valence-electron chi connectivity index (χ0n) is 11.9. The zero-order chi connectivity index (χ0) is 14.4. The van der Waals surface area contributed by atoms with Gasteiger partial charge in [-0.3, -0.25) is 4.79 Å². The van der Waals surface area contributed by atoms with Crippen LogP contribution in [0.15, 0.2) is 24.3 Å². The van der Waals surface area contributed by atoms with E-state index in [4.69, 9.17) is 0 Å². The summed E-state index contributed by atoms with van der Waals surface area (Å²) < 4.78 is 13.0. The first-order valence-corrected chi connectivity index (χ1v) is 7.11. The van der Waals surface area contributed by atoms with Crippen LogP contribution in [0.25, 0.3) is 0 Å². The van der Waals surface area contributed by atoms with Crippen molar-refractivity contribution in [1.82, 2.24) is 10.2 Å². The number of nitrogens with zero attached hydrogens (tertiary/aromatic N) is 1. The van der Waals surface area contributed by atoms with Gasteiger partial charge in [-0.15, -0.1) is 0 Å². The first-order chi connectivity index (χ1) is 9.63. The molecular formula is C15H22FN3O. The van der Waals surface area contributed by atoms with Gasteiger partial charge in [0.25, 0.3) is 0 Å². The molecule has 1 atom stereocenters. The molecule has 0 saturated carbocycles. The van der Waals surface area contributed by atoms with Gasteiger partial charge in [-0.25, -0.2) is 4.39 Å². The lowest BCUT2D eigenvalue weighted by molar-refractivity contribution is -0.116. The van der Waals surface area contributed by atoms with Gasteiger partial charge in [0.05, 0.1) is 0 Å². The molecule has 1 unspecified atom stereocenters. The lowest BCUT2D eigenvalue weighted by Gasteiger charge is -2.20. The molecule has 0 radical (unpaired) electrons. The Hall–Kier alpha value is -1.46. The molecule has 0 bridgehead atoms. The Kier molecular flexibility index (Phi) is 5.49. The molecule has 0 aromatic heterocycles. The highest BCUT2D eigenvalue weighted by atomic mass is 19.1. The van der Waals surface area contributed by atoms with Gasteiger partial charge in [-0.2, -0.15) is 0 Å². The second kappa shape index (κ2) is 7.36. The summed E-state index contributed by atoms with van der Waals surface area (Å²) in [6.45, 7) is 2.77. The Bertz CT molecular complexity index is 446. The number of amides is 1. The molecule has 5 heteroatoms. The molecule has 2 rings (SSSR count). The van der Waals surface area contributed by atoms with E-state index in [-0.39, 0.29) is 11.7 Å². The van der Waals surface area contributed by atoms with Crippen molar-refractivity contribution in [2.75, 3.05) is 32.0 Å². The average molecular weight is 279 g/mol. The maximum Gasteiger partial charge on any atom is 0.225 e. The van der Waals surface area contributed by atoms with E-state index in [0.717, 1.165) is 13.1 Å². The monoisotopic (exact) mass is 279 g/mol. The normalized spacial score (nSPS) is 18.4. The molecule has 1 fully saturated rings. The highest BCUT2D eigenvalue weighted by Gasteiger charge is 2.16. The highest BCUT2D eigenvalue weighted by molar-refractivity contribution is 5.90. The van der Waals surface area contributed by atoms with Crippen LogP contribution in [-0.4, -0.2) is 43.5 Å². The fraction of sp³-hybridized carbons (Fsp3) is 0.533. The van der Waals surface area contributed by atoms with Crippen LogP contribution in [0.1, 0.15) is 19.3 Å². The average Bonchev–Trinajstić information content (AvgIpc) is 2.89. The molecule has 1 aliphatic heterocycles. The van der Waals surface area contributed by atoms with Gasteiger partial charge in [0, 0.05) is 31.2 Å². The molecule has 110 valence electrons. The number of halogens is 1. The lowest BCUT2D eigenvalue weighted by Crippen LogP contribution is -2.36. The summed E-state index contributed by atoms with van der Waals surface area (Å²) in [5.41, 5.74) is 0.509. The summed E-state index contributed by atoms with van der Waals surface area (Å²) in [5, 5.41) is 6.15. The molecule has 1 aliphatic rings. The van der Waals surface area contributed by atoms with Crippen LogP contribution in [0, 0.1) is 5.82 Å². The van der Waals surface area contributed by atoms with Gasteiger partial charge in [0.2, 0.25) is 5.91 Å². The van der Waals surface area contributed by atoms with E-state index >= 15 is 0 Å². The first kappa shape index (κ1) is 14.9. The second-order valence-corrected chi connectivity index (χ2v) is 5.36. The van der Waals surface area contributed by atoms with Crippen molar-refractivity contribution in [3.8, 4) is 0 Å². The van der Waals surface area contributed by atoms with E-state index in [1.54, 1.807) is 12.1 Å². The van der Waals surface area contributed by atoms with Gasteiger partial charge in [-0.1, -0.05) is 6.07 Å². The van der Waals surface area contributed by atoms with Crippen LogP contribution in [-0.2, 0) is 4.79 Å². The van der Waals surface area contributed by atoms with E-state index < -0.39 is 0 Å². The Morgan fingerprint density at radius 2 is 2.40 bits per heavy atom. The van der Waals surface area contributed by atoms with Gasteiger partial charge in [0.1, 0.15) is 5.82 Å². The van der Waals surface area contributed by atoms with E-state index in [1.807, 2.05) is 7.05 Å². The SMILES string of the molecule is CN(CCC(=O)Nc1cccc(F)c1)CC1CCCN1. The van der Waals surface area contributed by atoms with E-state index in [0.29, 0.717) is 24.7 Å². The van der Waals surface area contributed by atoms with E-state index in [1.165, 1.54) is 25.0 Å². The molecule has 0 spiro atoms. The maximum atomic E-state index is 13.0. The number of benzene rings is 1. The first-order valence-electron chi connectivity index (χ1n) is 7.11. The summed E-state index contributed by atoms with van der Waals surface area (Å²) >= 11 is 0. The van der Waals surface area contributed by atoms with Crippen LogP contribution >= 0.6 is 0 Å². The van der Waals surface area contributed by atoms with Crippen LogP contribution in [0.4, 0.5) is 10.1 Å². The fourth-order valence-electron chi connectivity index (χ4n) is 2.46. The fourth-order valence-corrected chi connectivity index (χ4v) is 2.46. The quantitative estimate of drug-likeness (QED) is 0.835. The van der Waals surface area contributed by atoms with E-state index in [2.05, 4.69) is 15.5 Å². The predicted molar refractivity (Wildman–Crippen MR) is 78.2 cm³/mol. The van der Waals surface area contributed by atoms with Crippen molar-refractivity contribution in [3.05, 3.63) is 30.1 Å². The van der Waals surface area contributed by atoms with Crippen LogP contribution in [0.2, 0.25) is 0 Å². The topological polar surface area (TPSA) is 44.4 Å². The van der Waals surface area contributed by atoms with Crippen molar-refractivity contribution in [3.63, 3.8) is 0 Å². The third-order valence-corrected chi connectivity index (χ3v) is 3.52. The number of hydrogen-bond acceptors (Lipinski definition) is 3. The Balaban J connectivity index is 1.69. The molecule has 2 N–H and O–H groups in total. The van der Waals surface area contributed by atoms with Crippen molar-refractivity contribution in [2.45, 2.75) is 25.3 Å². The number of carbonyl (C=O) groups excluding carboxylic acids is 1. The molecule has 4 nitrogen and oxygen atoms in total. The van der Waals surface area contributed by atoms with E-state index in [9.17, 15) is 9.18 Å². The van der Waals surface area contributed by atoms with Gasteiger partial charge >= 0.3 is 0 Å². The Morgan fingerprint density at radius 3 is 3.10 bits per heavy atom. The smallest absolute Gasteiger partial charge is 0.225 e. The third kappa shape index (κ3) is 4.90. The lowest BCUT2D eigenvalue weighted by atomic mass is 10.2. The number of hydrogen-bond donors (Lipinski definition) is 2. The molecule has 0 aliphatic carbocycles. The van der Waals surface area contributed by atoms with Crippen LogP contribution < -0.4 is 10.6 Å². The standard InChI is InChI=1S/C15H22FN3O/c1-19(11-14-6-3-8-17-14)9-7-15(20)18-13-5-2-4-12(16)10-13/h2,4-5,10,14,17H,3,6-9,11H2,1H3,(H,18,20). The molecule has 1 heterocycles. The molecular weight excluding hydrogens is 257 g/mol. The minimum absolute atomic E-state index is 0.0816. The van der Waals surface area contributed by atoms with Crippen molar-refractivity contribution in [2.24, 2.45) is 0 Å². The Labute approximate surface area is 119 Å². The number of carbonyl (C=O) groups is 1. The summed E-state index contributed by atoms with van der Waals surface area (Å²) in [5.74, 6) is -0.422. The molecule has 1 amide bonds. The minimum atomic E-state index is -0.341. The summed E-state index contributed by atoms with van der Waals surface area (Å²) in [4.78, 5) is 14.0. The summed E-state index contributed by atoms with van der Waals surface area (Å²) in [6, 6.07) is 6.50. The second-order valence-electron chi connectivity index (χ2n) is 5.36. The van der Waals surface area contributed by atoms with Gasteiger partial charge in [-0.05, 0) is 44.6 Å².